The van der Waals surface area contributed by atoms with Gasteiger partial charge in [0, 0.05) is 31.1 Å². The van der Waals surface area contributed by atoms with E-state index in [-0.39, 0.29) is 19.5 Å². The number of nitrogen functional groups attached to an aromatic ring is 1. The minimum absolute atomic E-state index is 0.0840. The molecule has 0 aliphatic rings. The Labute approximate surface area is 291 Å². The van der Waals surface area contributed by atoms with Crippen molar-refractivity contribution in [2.45, 2.75) is 51.8 Å². The number of fused-ring (bicyclic) bond motifs is 3. The number of pyridine rings is 1. The number of hydrogen-bond acceptors (Lipinski definition) is 6. The van der Waals surface area contributed by atoms with Crippen LogP contribution < -0.4 is 16.4 Å². The van der Waals surface area contributed by atoms with Crippen molar-refractivity contribution >= 4 is 56.2 Å². The number of nitrogens with two attached hydrogens (primary N) is 1. The van der Waals surface area contributed by atoms with Crippen LogP contribution in [-0.4, -0.2) is 46.1 Å². The highest BCUT2D eigenvalue weighted by Crippen LogP contribution is 2.23. The summed E-state index contributed by atoms with van der Waals surface area (Å²) in [7, 11) is 0. The normalized spacial score (nSPS) is 12.1. The number of benzene rings is 5. The average molecular weight is 668 g/mol. The van der Waals surface area contributed by atoms with Gasteiger partial charge in [-0.25, -0.2) is 14.6 Å². The van der Waals surface area contributed by atoms with Crippen LogP contribution in [-0.2, 0) is 28.9 Å². The van der Waals surface area contributed by atoms with Crippen molar-refractivity contribution in [1.29, 1.82) is 0 Å². The fourth-order valence-corrected chi connectivity index (χ4v) is 6.22. The van der Waals surface area contributed by atoms with E-state index in [0.29, 0.717) is 12.2 Å². The van der Waals surface area contributed by atoms with Crippen LogP contribution in [0.1, 0.15) is 37.5 Å². The SMILES string of the molecule is CC(C)(C)OC(=O)NC(Cc1cccc2ccccc12)C(=O)N(CCc1cccc2ccccc12)C(=O)NCc1ccc2c(N)nccc2c1. The molecule has 0 saturated carbocycles. The molecule has 50 heavy (non-hydrogen) atoms. The van der Waals surface area contributed by atoms with Gasteiger partial charge in [-0.1, -0.05) is 97.1 Å². The van der Waals surface area contributed by atoms with Gasteiger partial charge in [0.25, 0.3) is 5.91 Å². The minimum atomic E-state index is -1.09. The molecule has 4 N–H and O–H groups in total. The summed E-state index contributed by atoms with van der Waals surface area (Å²) >= 11 is 0. The van der Waals surface area contributed by atoms with Gasteiger partial charge in [0.2, 0.25) is 0 Å². The molecule has 0 fully saturated rings. The average Bonchev–Trinajstić information content (AvgIpc) is 3.10. The molecule has 0 radical (unpaired) electrons. The Morgan fingerprint density at radius 3 is 2.12 bits per heavy atom. The number of anilines is 1. The zero-order chi connectivity index (χ0) is 35.3. The van der Waals surface area contributed by atoms with Crippen molar-refractivity contribution in [3.63, 3.8) is 0 Å². The van der Waals surface area contributed by atoms with E-state index >= 15 is 0 Å². The summed E-state index contributed by atoms with van der Waals surface area (Å²) in [6.07, 6.45) is 1.46. The van der Waals surface area contributed by atoms with Crippen molar-refractivity contribution in [1.82, 2.24) is 20.5 Å². The van der Waals surface area contributed by atoms with Gasteiger partial charge in [0.05, 0.1) is 0 Å². The smallest absolute Gasteiger partial charge is 0.408 e. The summed E-state index contributed by atoms with van der Waals surface area (Å²) in [5, 5.41) is 11.5. The maximum Gasteiger partial charge on any atom is 0.408 e. The Bertz CT molecular complexity index is 2180. The molecule has 9 heteroatoms. The Morgan fingerprint density at radius 2 is 1.42 bits per heavy atom. The molecule has 1 unspecified atom stereocenters. The zero-order valence-electron chi connectivity index (χ0n) is 28.5. The third kappa shape index (κ3) is 8.01. The number of nitrogens with one attached hydrogen (secondary N) is 2. The second-order valence-corrected chi connectivity index (χ2v) is 13.3. The Hall–Kier alpha value is -5.96. The summed E-state index contributed by atoms with van der Waals surface area (Å²) in [6.45, 7) is 5.53. The lowest BCUT2D eigenvalue weighted by Gasteiger charge is -2.28. The highest BCUT2D eigenvalue weighted by molar-refractivity contribution is 5.99. The van der Waals surface area contributed by atoms with Gasteiger partial charge in [-0.15, -0.1) is 0 Å². The number of amides is 4. The van der Waals surface area contributed by atoms with Gasteiger partial charge in [0.15, 0.2) is 0 Å². The minimum Gasteiger partial charge on any atom is -0.444 e. The maximum atomic E-state index is 14.6. The first-order chi connectivity index (χ1) is 24.1. The second-order valence-electron chi connectivity index (χ2n) is 13.3. The molecule has 1 aromatic heterocycles. The molecule has 6 aromatic rings. The lowest BCUT2D eigenvalue weighted by Crippen LogP contribution is -2.55. The Balaban J connectivity index is 1.31. The summed E-state index contributed by atoms with van der Waals surface area (Å²) < 4.78 is 5.58. The van der Waals surface area contributed by atoms with Crippen LogP contribution in [0, 0.1) is 0 Å². The van der Waals surface area contributed by atoms with Gasteiger partial charge < -0.3 is 21.1 Å². The molecule has 5 aromatic carbocycles. The monoisotopic (exact) mass is 667 g/mol. The summed E-state index contributed by atoms with van der Waals surface area (Å²) in [6, 6.07) is 33.6. The van der Waals surface area contributed by atoms with Crippen molar-refractivity contribution in [3.05, 3.63) is 132 Å². The van der Waals surface area contributed by atoms with Crippen LogP contribution >= 0.6 is 0 Å². The molecule has 9 nitrogen and oxygen atoms in total. The number of imide groups is 1. The predicted molar refractivity (Wildman–Crippen MR) is 199 cm³/mol. The predicted octanol–water partition coefficient (Wildman–Crippen LogP) is 7.54. The summed E-state index contributed by atoms with van der Waals surface area (Å²) in [5.74, 6) is -0.114. The number of alkyl carbamates (subject to hydrolysis) is 1. The number of carbonyl (C=O) groups is 3. The molecular weight excluding hydrogens is 626 g/mol. The fraction of sp³-hybridized carbons (Fsp3) is 0.220. The van der Waals surface area contributed by atoms with Gasteiger partial charge in [-0.2, -0.15) is 0 Å². The van der Waals surface area contributed by atoms with Gasteiger partial charge in [-0.05, 0) is 82.9 Å². The largest absolute Gasteiger partial charge is 0.444 e. The van der Waals surface area contributed by atoms with Crippen molar-refractivity contribution in [3.8, 4) is 0 Å². The first-order valence-electron chi connectivity index (χ1n) is 16.7. The van der Waals surface area contributed by atoms with E-state index in [1.165, 1.54) is 4.90 Å². The van der Waals surface area contributed by atoms with E-state index in [1.54, 1.807) is 27.0 Å². The second kappa shape index (κ2) is 14.7. The Morgan fingerprint density at radius 1 is 0.780 bits per heavy atom. The highest BCUT2D eigenvalue weighted by atomic mass is 16.6. The number of ether oxygens (including phenoxy) is 1. The molecule has 0 saturated heterocycles. The number of hydrogen-bond donors (Lipinski definition) is 3. The third-order valence-electron chi connectivity index (χ3n) is 8.59. The quantitative estimate of drug-likeness (QED) is 0.146. The molecular formula is C41H41N5O4. The molecule has 0 aliphatic carbocycles. The van der Waals surface area contributed by atoms with Crippen molar-refractivity contribution in [2.24, 2.45) is 0 Å². The van der Waals surface area contributed by atoms with Gasteiger partial charge >= 0.3 is 12.1 Å². The number of nitrogens with zero attached hydrogens (tertiary/aromatic N) is 2. The third-order valence-corrected chi connectivity index (χ3v) is 8.59. The van der Waals surface area contributed by atoms with Gasteiger partial charge in [-0.3, -0.25) is 9.69 Å². The maximum absolute atomic E-state index is 14.6. The first kappa shape index (κ1) is 33.9. The van der Waals surface area contributed by atoms with Crippen molar-refractivity contribution < 1.29 is 19.1 Å². The van der Waals surface area contributed by atoms with Crippen molar-refractivity contribution in [2.75, 3.05) is 12.3 Å². The number of urea groups is 1. The topological polar surface area (TPSA) is 127 Å². The van der Waals surface area contributed by atoms with Crippen LogP contribution in [0.4, 0.5) is 15.4 Å². The van der Waals surface area contributed by atoms with E-state index < -0.39 is 29.7 Å². The van der Waals surface area contributed by atoms with Crippen LogP contribution in [0.15, 0.2) is 115 Å². The summed E-state index contributed by atoms with van der Waals surface area (Å²) in [4.78, 5) is 47.2. The van der Waals surface area contributed by atoms with E-state index in [1.807, 2.05) is 109 Å². The standard InChI is InChI=1S/C41H41N5O4/c1-41(2,3)50-40(49)45-36(25-31-15-9-13-29-11-5-7-17-34(29)31)38(47)46(23-21-30-14-8-12-28-10-4-6-16-33(28)30)39(48)44-26-27-18-19-35-32(24-27)20-22-43-37(35)42/h4-20,22,24,36H,21,23,25-26H2,1-3H3,(H2,42,43)(H,44,48)(H,45,49). The lowest BCUT2D eigenvalue weighted by molar-refractivity contribution is -0.130. The first-order valence-corrected chi connectivity index (χ1v) is 16.7. The molecule has 1 atom stereocenters. The molecule has 0 bridgehead atoms. The van der Waals surface area contributed by atoms with Crippen LogP contribution in [0.2, 0.25) is 0 Å². The lowest BCUT2D eigenvalue weighted by atomic mass is 9.98. The molecule has 0 spiro atoms. The van der Waals surface area contributed by atoms with Gasteiger partial charge in [0.1, 0.15) is 17.5 Å². The molecule has 254 valence electrons. The summed E-state index contributed by atoms with van der Waals surface area (Å²) in [5.41, 5.74) is 7.94. The Kier molecular flexibility index (Phi) is 9.94. The highest BCUT2D eigenvalue weighted by Gasteiger charge is 2.32. The molecule has 6 rings (SSSR count). The van der Waals surface area contributed by atoms with E-state index in [4.69, 9.17) is 10.5 Å². The van der Waals surface area contributed by atoms with Crippen LogP contribution in [0.3, 0.4) is 0 Å². The molecule has 4 amide bonds. The number of carbonyl (C=O) groups excluding carboxylic acids is 3. The van der Waals surface area contributed by atoms with Crippen LogP contribution in [0.25, 0.3) is 32.3 Å². The van der Waals surface area contributed by atoms with E-state index in [0.717, 1.165) is 49.0 Å². The number of aromatic nitrogens is 1. The fourth-order valence-electron chi connectivity index (χ4n) is 6.22. The molecule has 1 heterocycles. The molecule has 0 aliphatic heterocycles. The zero-order valence-corrected chi connectivity index (χ0v) is 28.5. The van der Waals surface area contributed by atoms with E-state index in [9.17, 15) is 14.4 Å². The number of rotatable bonds is 9. The van der Waals surface area contributed by atoms with Crippen LogP contribution in [0.5, 0.6) is 0 Å². The van der Waals surface area contributed by atoms with E-state index in [2.05, 4.69) is 15.6 Å².